The van der Waals surface area contributed by atoms with Crippen molar-refractivity contribution >= 4 is 17.3 Å². The highest BCUT2D eigenvalue weighted by Crippen LogP contribution is 2.40. The molecule has 0 heterocycles. The van der Waals surface area contributed by atoms with Crippen molar-refractivity contribution in [3.63, 3.8) is 0 Å². The molecule has 0 radical (unpaired) electrons. The number of benzene rings is 1. The molecule has 0 amide bonds. The van der Waals surface area contributed by atoms with Crippen molar-refractivity contribution < 1.29 is 26.7 Å². The molecule has 0 saturated carbocycles. The summed E-state index contributed by atoms with van der Waals surface area (Å²) in [4.78, 5) is 0. The Hall–Kier alpha value is -1.24. The number of alkyl halides is 5. The Balaban J connectivity index is 3.26. The molecule has 1 aromatic carbocycles. The van der Waals surface area contributed by atoms with Crippen LogP contribution >= 0.6 is 11.6 Å². The highest BCUT2D eigenvalue weighted by atomic mass is 35.5. The average molecular weight is 262 g/mol. The molecule has 0 fully saturated rings. The number of rotatable bonds is 2. The first kappa shape index (κ1) is 12.8. The van der Waals surface area contributed by atoms with Crippen LogP contribution in [0.4, 0.5) is 27.6 Å². The number of anilines is 1. The molecule has 16 heavy (non-hydrogen) atoms. The van der Waals surface area contributed by atoms with E-state index >= 15 is 0 Å². The second-order valence-corrected chi connectivity index (χ2v) is 3.18. The molecule has 0 saturated heterocycles. The summed E-state index contributed by atoms with van der Waals surface area (Å²) in [5, 5.41) is -0.392. The van der Waals surface area contributed by atoms with Gasteiger partial charge in [-0.3, -0.25) is 0 Å². The predicted octanol–water partition coefficient (Wildman–Crippen LogP) is 3.54. The lowest BCUT2D eigenvalue weighted by Crippen LogP contribution is -2.12. The zero-order valence-electron chi connectivity index (χ0n) is 7.49. The van der Waals surface area contributed by atoms with Gasteiger partial charge >= 0.3 is 12.8 Å². The molecule has 0 aromatic heterocycles. The SMILES string of the molecule is Nc1c(OC(F)F)cc(Cl)cc1C(F)(F)F. The van der Waals surface area contributed by atoms with Crippen molar-refractivity contribution in [2.24, 2.45) is 0 Å². The molecule has 1 aromatic rings. The fourth-order valence-electron chi connectivity index (χ4n) is 1.02. The summed E-state index contributed by atoms with van der Waals surface area (Å²) in [5.41, 5.74) is 2.82. The Morgan fingerprint density at radius 2 is 1.81 bits per heavy atom. The Labute approximate surface area is 91.7 Å². The van der Waals surface area contributed by atoms with Crippen LogP contribution in [-0.4, -0.2) is 6.61 Å². The van der Waals surface area contributed by atoms with Gasteiger partial charge in [-0.1, -0.05) is 11.6 Å². The van der Waals surface area contributed by atoms with Gasteiger partial charge in [-0.2, -0.15) is 22.0 Å². The van der Waals surface area contributed by atoms with Crippen LogP contribution < -0.4 is 10.5 Å². The van der Waals surface area contributed by atoms with Crippen molar-refractivity contribution in [2.75, 3.05) is 5.73 Å². The molecule has 0 bridgehead atoms. The van der Waals surface area contributed by atoms with Gasteiger partial charge in [0, 0.05) is 11.1 Å². The maximum atomic E-state index is 12.4. The van der Waals surface area contributed by atoms with Crippen LogP contribution in [0.15, 0.2) is 12.1 Å². The summed E-state index contributed by atoms with van der Waals surface area (Å²) in [6.07, 6.45) is -4.78. The highest BCUT2D eigenvalue weighted by molar-refractivity contribution is 6.31. The second kappa shape index (κ2) is 4.32. The first-order valence-corrected chi connectivity index (χ1v) is 4.20. The molecule has 0 aliphatic rings. The van der Waals surface area contributed by atoms with Crippen LogP contribution in [0.2, 0.25) is 5.02 Å². The molecule has 8 heteroatoms. The van der Waals surface area contributed by atoms with E-state index < -0.39 is 34.8 Å². The van der Waals surface area contributed by atoms with Gasteiger partial charge in [-0.15, -0.1) is 0 Å². The Morgan fingerprint density at radius 3 is 2.25 bits per heavy atom. The average Bonchev–Trinajstić information content (AvgIpc) is 2.07. The maximum absolute atomic E-state index is 12.4. The predicted molar refractivity (Wildman–Crippen MR) is 47.5 cm³/mol. The van der Waals surface area contributed by atoms with Crippen molar-refractivity contribution in [3.05, 3.63) is 22.7 Å². The van der Waals surface area contributed by atoms with E-state index in [1.807, 2.05) is 0 Å². The van der Waals surface area contributed by atoms with Crippen molar-refractivity contribution in [1.82, 2.24) is 0 Å². The summed E-state index contributed by atoms with van der Waals surface area (Å²) in [5.74, 6) is -0.796. The number of ether oxygens (including phenoxy) is 1. The maximum Gasteiger partial charge on any atom is 0.418 e. The normalized spacial score (nSPS) is 11.9. The van der Waals surface area contributed by atoms with Crippen LogP contribution in [-0.2, 0) is 6.18 Å². The summed E-state index contributed by atoms with van der Waals surface area (Å²) >= 11 is 5.33. The van der Waals surface area contributed by atoms with E-state index in [2.05, 4.69) is 4.74 Å². The first-order chi connectivity index (χ1) is 7.21. The van der Waals surface area contributed by atoms with Crippen molar-refractivity contribution in [1.29, 1.82) is 0 Å². The zero-order chi connectivity index (χ0) is 12.5. The second-order valence-electron chi connectivity index (χ2n) is 2.74. The minimum Gasteiger partial charge on any atom is -0.433 e. The molecule has 2 nitrogen and oxygen atoms in total. The Bertz CT molecular complexity index is 393. The fourth-order valence-corrected chi connectivity index (χ4v) is 1.23. The van der Waals surface area contributed by atoms with E-state index in [1.54, 1.807) is 0 Å². The summed E-state index contributed by atoms with van der Waals surface area (Å²) in [6, 6.07) is 1.33. The van der Waals surface area contributed by atoms with Crippen LogP contribution in [0, 0.1) is 0 Å². The van der Waals surface area contributed by atoms with Crippen LogP contribution in [0.25, 0.3) is 0 Å². The van der Waals surface area contributed by atoms with E-state index in [9.17, 15) is 22.0 Å². The number of hydrogen-bond donors (Lipinski definition) is 1. The largest absolute Gasteiger partial charge is 0.433 e. The quantitative estimate of drug-likeness (QED) is 0.653. The van der Waals surface area contributed by atoms with Gasteiger partial charge in [-0.05, 0) is 6.07 Å². The van der Waals surface area contributed by atoms with Gasteiger partial charge in [0.15, 0.2) is 5.75 Å². The molecule has 1 rings (SSSR count). The number of halogens is 6. The van der Waals surface area contributed by atoms with Crippen LogP contribution in [0.3, 0.4) is 0 Å². The van der Waals surface area contributed by atoms with E-state index in [4.69, 9.17) is 17.3 Å². The molecule has 0 spiro atoms. The lowest BCUT2D eigenvalue weighted by molar-refractivity contribution is -0.137. The highest BCUT2D eigenvalue weighted by Gasteiger charge is 2.35. The molecule has 0 aliphatic heterocycles. The van der Waals surface area contributed by atoms with Crippen LogP contribution in [0.5, 0.6) is 5.75 Å². The fraction of sp³-hybridized carbons (Fsp3) is 0.250. The van der Waals surface area contributed by atoms with Crippen LogP contribution in [0.1, 0.15) is 5.56 Å². The minimum atomic E-state index is -4.78. The third kappa shape index (κ3) is 2.88. The summed E-state index contributed by atoms with van der Waals surface area (Å²) in [7, 11) is 0. The standard InChI is InChI=1S/C8H5ClF5NO/c9-3-1-4(8(12,13)14)6(15)5(2-3)16-7(10)11/h1-2,7H,15H2. The van der Waals surface area contributed by atoms with E-state index in [1.165, 1.54) is 0 Å². The molecule has 2 N–H and O–H groups in total. The molecule has 0 atom stereocenters. The third-order valence-corrected chi connectivity index (χ3v) is 1.85. The lowest BCUT2D eigenvalue weighted by atomic mass is 10.1. The Morgan fingerprint density at radius 1 is 1.25 bits per heavy atom. The molecular formula is C8H5ClF5NO. The smallest absolute Gasteiger partial charge is 0.418 e. The molecular weight excluding hydrogens is 257 g/mol. The van der Waals surface area contributed by atoms with Gasteiger partial charge in [0.05, 0.1) is 11.3 Å². The van der Waals surface area contributed by atoms with Gasteiger partial charge in [0.1, 0.15) is 0 Å². The van der Waals surface area contributed by atoms with Gasteiger partial charge in [-0.25, -0.2) is 0 Å². The Kier molecular flexibility index (Phi) is 3.47. The van der Waals surface area contributed by atoms with Crippen molar-refractivity contribution in [3.8, 4) is 5.75 Å². The summed E-state index contributed by atoms with van der Waals surface area (Å²) in [6.45, 7) is -3.28. The lowest BCUT2D eigenvalue weighted by Gasteiger charge is -2.14. The molecule has 0 aliphatic carbocycles. The van der Waals surface area contributed by atoms with Gasteiger partial charge in [0.2, 0.25) is 0 Å². The number of nitrogens with two attached hydrogens (primary N) is 1. The molecule has 0 unspecified atom stereocenters. The molecule has 90 valence electrons. The van der Waals surface area contributed by atoms with E-state index in [0.717, 1.165) is 6.07 Å². The van der Waals surface area contributed by atoms with E-state index in [-0.39, 0.29) is 0 Å². The van der Waals surface area contributed by atoms with Gasteiger partial charge in [0.25, 0.3) is 0 Å². The monoisotopic (exact) mass is 261 g/mol. The third-order valence-electron chi connectivity index (χ3n) is 1.63. The summed E-state index contributed by atoms with van der Waals surface area (Å²) < 4.78 is 64.6. The van der Waals surface area contributed by atoms with Gasteiger partial charge < -0.3 is 10.5 Å². The number of nitrogen functional groups attached to an aromatic ring is 1. The van der Waals surface area contributed by atoms with Crippen molar-refractivity contribution in [2.45, 2.75) is 12.8 Å². The minimum absolute atomic E-state index is 0.392. The topological polar surface area (TPSA) is 35.2 Å². The number of hydrogen-bond acceptors (Lipinski definition) is 2. The zero-order valence-corrected chi connectivity index (χ0v) is 8.24. The van der Waals surface area contributed by atoms with E-state index in [0.29, 0.717) is 6.07 Å². The first-order valence-electron chi connectivity index (χ1n) is 3.83.